The zero-order valence-corrected chi connectivity index (χ0v) is 16.9. The van der Waals surface area contributed by atoms with E-state index in [1.807, 2.05) is 18.2 Å². The van der Waals surface area contributed by atoms with Crippen molar-refractivity contribution < 1.29 is 19.1 Å². The Morgan fingerprint density at radius 3 is 2.68 bits per heavy atom. The van der Waals surface area contributed by atoms with Crippen LogP contribution in [0.1, 0.15) is 51.0 Å². The van der Waals surface area contributed by atoms with Crippen molar-refractivity contribution in [2.24, 2.45) is 5.92 Å². The van der Waals surface area contributed by atoms with Crippen LogP contribution >= 0.6 is 11.6 Å². The first kappa shape index (κ1) is 20.6. The topological polar surface area (TPSA) is 75.7 Å². The van der Waals surface area contributed by atoms with Crippen LogP contribution in [0.2, 0.25) is 5.02 Å². The van der Waals surface area contributed by atoms with Gasteiger partial charge >= 0.3 is 5.97 Å². The number of carbonyl (C=O) groups is 3. The van der Waals surface area contributed by atoms with Gasteiger partial charge in [0.25, 0.3) is 5.91 Å². The van der Waals surface area contributed by atoms with Crippen LogP contribution in [0.25, 0.3) is 0 Å². The summed E-state index contributed by atoms with van der Waals surface area (Å²) in [5.74, 6) is -1.43. The first-order valence-electron chi connectivity index (χ1n) is 9.96. The fraction of sp³-hybridized carbons (Fsp3) is 0.571. The molecule has 152 valence electrons. The molecule has 2 amide bonds. The molecular formula is C21H27ClN2O4. The Hall–Kier alpha value is -2.08. The van der Waals surface area contributed by atoms with Crippen molar-refractivity contribution in [2.45, 2.75) is 64.1 Å². The van der Waals surface area contributed by atoms with Crippen molar-refractivity contribution in [1.29, 1.82) is 0 Å². The van der Waals surface area contributed by atoms with Crippen molar-refractivity contribution in [3.63, 3.8) is 0 Å². The van der Waals surface area contributed by atoms with Gasteiger partial charge < -0.3 is 15.0 Å². The zero-order valence-electron chi connectivity index (χ0n) is 16.2. The number of nitrogens with zero attached hydrogens (tertiary/aromatic N) is 1. The van der Waals surface area contributed by atoms with Crippen LogP contribution in [0.5, 0.6) is 0 Å². The molecule has 7 heteroatoms. The molecule has 1 saturated heterocycles. The molecule has 2 atom stereocenters. The van der Waals surface area contributed by atoms with Crippen molar-refractivity contribution >= 4 is 29.4 Å². The van der Waals surface area contributed by atoms with Crippen molar-refractivity contribution in [1.82, 2.24) is 10.2 Å². The number of likely N-dealkylation sites (tertiary alicyclic amines) is 1. The van der Waals surface area contributed by atoms with Gasteiger partial charge in [-0.05, 0) is 31.4 Å². The van der Waals surface area contributed by atoms with E-state index in [1.165, 1.54) is 6.42 Å². The summed E-state index contributed by atoms with van der Waals surface area (Å²) in [7, 11) is 0. The summed E-state index contributed by atoms with van der Waals surface area (Å²) in [6.07, 6.45) is 4.62. The Morgan fingerprint density at radius 1 is 1.25 bits per heavy atom. The first-order valence-corrected chi connectivity index (χ1v) is 10.3. The third-order valence-corrected chi connectivity index (χ3v) is 5.85. The highest BCUT2D eigenvalue weighted by Gasteiger charge is 2.37. The zero-order chi connectivity index (χ0) is 20.1. The van der Waals surface area contributed by atoms with Crippen LogP contribution in [0.3, 0.4) is 0 Å². The fourth-order valence-electron chi connectivity index (χ4n) is 3.80. The lowest BCUT2D eigenvalue weighted by Gasteiger charge is -2.24. The highest BCUT2D eigenvalue weighted by atomic mass is 35.5. The monoisotopic (exact) mass is 406 g/mol. The standard InChI is InChI=1S/C21H27ClN2O4/c1-14(20(26)23-17-8-3-2-4-9-17)28-21(27)16-11-19(25)24(13-16)12-15-7-5-6-10-18(15)22/h5-7,10,14,16-17H,2-4,8-9,11-13H2,1H3,(H,23,26)/t14-,16+/m1/s1. The minimum Gasteiger partial charge on any atom is -0.452 e. The predicted molar refractivity (Wildman–Crippen MR) is 106 cm³/mol. The Morgan fingerprint density at radius 2 is 1.96 bits per heavy atom. The summed E-state index contributed by atoms with van der Waals surface area (Å²) in [6.45, 7) is 2.22. The number of rotatable bonds is 6. The van der Waals surface area contributed by atoms with E-state index in [4.69, 9.17) is 16.3 Å². The molecule has 28 heavy (non-hydrogen) atoms. The molecule has 0 spiro atoms. The summed E-state index contributed by atoms with van der Waals surface area (Å²) < 4.78 is 5.35. The maximum absolute atomic E-state index is 12.5. The van der Waals surface area contributed by atoms with Crippen molar-refractivity contribution in [2.75, 3.05) is 6.54 Å². The molecular weight excluding hydrogens is 380 g/mol. The number of hydrogen-bond acceptors (Lipinski definition) is 4. The average Bonchev–Trinajstić information content (AvgIpc) is 3.05. The van der Waals surface area contributed by atoms with E-state index < -0.39 is 18.0 Å². The molecule has 0 aromatic heterocycles. The molecule has 1 heterocycles. The lowest BCUT2D eigenvalue weighted by Crippen LogP contribution is -2.43. The van der Waals surface area contributed by atoms with Gasteiger partial charge in [0.1, 0.15) is 0 Å². The summed E-state index contributed by atoms with van der Waals surface area (Å²) >= 11 is 6.16. The van der Waals surface area contributed by atoms with E-state index in [1.54, 1.807) is 17.9 Å². The third-order valence-electron chi connectivity index (χ3n) is 5.48. The van der Waals surface area contributed by atoms with Gasteiger partial charge in [-0.3, -0.25) is 14.4 Å². The van der Waals surface area contributed by atoms with Crippen molar-refractivity contribution in [3.8, 4) is 0 Å². The summed E-state index contributed by atoms with van der Waals surface area (Å²) in [5.41, 5.74) is 0.840. The molecule has 1 aromatic carbocycles. The maximum atomic E-state index is 12.5. The summed E-state index contributed by atoms with van der Waals surface area (Å²) in [4.78, 5) is 38.6. The average molecular weight is 407 g/mol. The highest BCUT2D eigenvalue weighted by Crippen LogP contribution is 2.24. The van der Waals surface area contributed by atoms with Gasteiger partial charge in [-0.1, -0.05) is 49.1 Å². The lowest BCUT2D eigenvalue weighted by molar-refractivity contribution is -0.158. The Labute approximate surface area is 170 Å². The largest absolute Gasteiger partial charge is 0.452 e. The maximum Gasteiger partial charge on any atom is 0.312 e. The third kappa shape index (κ3) is 5.25. The molecule has 0 bridgehead atoms. The molecule has 1 aliphatic carbocycles. The second-order valence-corrected chi connectivity index (χ2v) is 8.10. The lowest BCUT2D eigenvalue weighted by atomic mass is 9.95. The normalized spacial score (nSPS) is 21.4. The minimum absolute atomic E-state index is 0.0975. The van der Waals surface area contributed by atoms with Gasteiger partial charge in [0.15, 0.2) is 6.10 Å². The Kier molecular flexibility index (Phi) is 6.94. The van der Waals surface area contributed by atoms with E-state index in [9.17, 15) is 14.4 Å². The van der Waals surface area contributed by atoms with Crippen LogP contribution in [-0.2, 0) is 25.7 Å². The molecule has 6 nitrogen and oxygen atoms in total. The van der Waals surface area contributed by atoms with Gasteiger partial charge in [-0.15, -0.1) is 0 Å². The van der Waals surface area contributed by atoms with Gasteiger partial charge in [-0.2, -0.15) is 0 Å². The number of amides is 2. The van der Waals surface area contributed by atoms with Crippen LogP contribution in [0, 0.1) is 5.92 Å². The number of halogens is 1. The van der Waals surface area contributed by atoms with Gasteiger partial charge in [0.2, 0.25) is 5.91 Å². The second-order valence-electron chi connectivity index (χ2n) is 7.69. The van der Waals surface area contributed by atoms with Gasteiger partial charge in [-0.25, -0.2) is 0 Å². The number of nitrogens with one attached hydrogen (secondary N) is 1. The quantitative estimate of drug-likeness (QED) is 0.736. The number of ether oxygens (including phenoxy) is 1. The smallest absolute Gasteiger partial charge is 0.312 e. The highest BCUT2D eigenvalue weighted by molar-refractivity contribution is 6.31. The first-order chi connectivity index (χ1) is 13.4. The number of esters is 1. The van der Waals surface area contributed by atoms with Crippen LogP contribution < -0.4 is 5.32 Å². The predicted octanol–water partition coefficient (Wildman–Crippen LogP) is 3.07. The van der Waals surface area contributed by atoms with E-state index in [2.05, 4.69) is 5.32 Å². The molecule has 0 radical (unpaired) electrons. The van der Waals surface area contributed by atoms with Crippen LogP contribution in [-0.4, -0.2) is 41.4 Å². The molecule has 1 aliphatic heterocycles. The number of carbonyl (C=O) groups excluding carboxylic acids is 3. The molecule has 2 fully saturated rings. The van der Waals surface area contributed by atoms with E-state index >= 15 is 0 Å². The van der Waals surface area contributed by atoms with E-state index in [0.29, 0.717) is 11.6 Å². The SMILES string of the molecule is C[C@@H](OC(=O)[C@H]1CC(=O)N(Cc2ccccc2Cl)C1)C(=O)NC1CCCCC1. The minimum atomic E-state index is -0.859. The molecule has 1 N–H and O–H groups in total. The summed E-state index contributed by atoms with van der Waals surface area (Å²) in [5, 5.41) is 3.55. The number of benzene rings is 1. The summed E-state index contributed by atoms with van der Waals surface area (Å²) in [6, 6.07) is 7.49. The molecule has 3 rings (SSSR count). The fourth-order valence-corrected chi connectivity index (χ4v) is 4.00. The molecule has 0 unspecified atom stereocenters. The molecule has 2 aliphatic rings. The second kappa shape index (κ2) is 9.41. The van der Waals surface area contributed by atoms with E-state index in [0.717, 1.165) is 31.2 Å². The number of hydrogen-bond donors (Lipinski definition) is 1. The van der Waals surface area contributed by atoms with Gasteiger partial charge in [0.05, 0.1) is 5.92 Å². The van der Waals surface area contributed by atoms with Crippen LogP contribution in [0.4, 0.5) is 0 Å². The van der Waals surface area contributed by atoms with Crippen LogP contribution in [0.15, 0.2) is 24.3 Å². The molecule has 1 aromatic rings. The molecule has 1 saturated carbocycles. The Bertz CT molecular complexity index is 733. The van der Waals surface area contributed by atoms with E-state index in [-0.39, 0.29) is 30.8 Å². The Balaban J connectivity index is 1.49. The van der Waals surface area contributed by atoms with Crippen molar-refractivity contribution in [3.05, 3.63) is 34.9 Å². The van der Waals surface area contributed by atoms with Gasteiger partial charge in [0, 0.05) is 30.6 Å².